The van der Waals surface area contributed by atoms with E-state index >= 15 is 0 Å². The van der Waals surface area contributed by atoms with Crippen molar-refractivity contribution < 1.29 is 19.8 Å². The number of hydrogen-bond donors (Lipinski definition) is 2. The van der Waals surface area contributed by atoms with E-state index in [4.69, 9.17) is 10.2 Å². The Bertz CT molecular complexity index is 331. The number of unbranched alkanes of at least 4 members (excludes halogenated alkanes) is 2. The summed E-state index contributed by atoms with van der Waals surface area (Å²) in [6.45, 7) is 9.00. The van der Waals surface area contributed by atoms with Crippen LogP contribution in [0.2, 0.25) is 0 Å². The van der Waals surface area contributed by atoms with E-state index < -0.39 is 11.9 Å². The second-order valence-electron chi connectivity index (χ2n) is 4.44. The van der Waals surface area contributed by atoms with Crippen LogP contribution in [0.3, 0.4) is 0 Å². The summed E-state index contributed by atoms with van der Waals surface area (Å²) < 4.78 is 0. The van der Waals surface area contributed by atoms with Crippen molar-refractivity contribution in [1.82, 2.24) is 0 Å². The quantitative estimate of drug-likeness (QED) is 0.463. The van der Waals surface area contributed by atoms with Crippen LogP contribution in [-0.2, 0) is 9.59 Å². The third kappa shape index (κ3) is 6.23. The second kappa shape index (κ2) is 8.50. The topological polar surface area (TPSA) is 74.6 Å². The highest BCUT2D eigenvalue weighted by Gasteiger charge is 2.15. The largest absolute Gasteiger partial charge is 0.478 e. The Morgan fingerprint density at radius 3 is 2.11 bits per heavy atom. The van der Waals surface area contributed by atoms with Crippen LogP contribution in [0.1, 0.15) is 45.4 Å². The molecular weight excluding hydrogens is 232 g/mol. The van der Waals surface area contributed by atoms with Gasteiger partial charge in [-0.15, -0.1) is 0 Å². The minimum Gasteiger partial charge on any atom is -0.478 e. The van der Waals surface area contributed by atoms with Gasteiger partial charge in [-0.3, -0.25) is 0 Å². The summed E-state index contributed by atoms with van der Waals surface area (Å²) in [7, 11) is 0. The normalized spacial score (nSPS) is 11.8. The maximum Gasteiger partial charge on any atom is 0.331 e. The molecule has 0 heterocycles. The van der Waals surface area contributed by atoms with Crippen LogP contribution >= 0.6 is 0 Å². The Morgan fingerprint density at radius 1 is 1.06 bits per heavy atom. The molecule has 2 N–H and O–H groups in total. The smallest absolute Gasteiger partial charge is 0.331 e. The maximum absolute atomic E-state index is 10.8. The number of aliphatic carboxylic acids is 2. The molecule has 0 rings (SSSR count). The van der Waals surface area contributed by atoms with Crippen LogP contribution < -0.4 is 0 Å². The summed E-state index contributed by atoms with van der Waals surface area (Å²) in [5.41, 5.74) is 0.504. The van der Waals surface area contributed by atoms with Gasteiger partial charge in [-0.25, -0.2) is 9.59 Å². The lowest BCUT2D eigenvalue weighted by atomic mass is 9.91. The van der Waals surface area contributed by atoms with Crippen molar-refractivity contribution in [3.8, 4) is 0 Å². The lowest BCUT2D eigenvalue weighted by molar-refractivity contribution is -0.134. The predicted octanol–water partition coefficient (Wildman–Crippen LogP) is 3.24. The molecule has 102 valence electrons. The average Bonchev–Trinajstić information content (AvgIpc) is 2.32. The molecule has 0 aromatic carbocycles. The van der Waals surface area contributed by atoms with Crippen LogP contribution in [-0.4, -0.2) is 22.2 Å². The summed E-state index contributed by atoms with van der Waals surface area (Å²) in [5.74, 6) is -1.85. The highest BCUT2D eigenvalue weighted by Crippen LogP contribution is 2.21. The van der Waals surface area contributed by atoms with E-state index in [0.717, 1.165) is 32.1 Å². The molecule has 0 fully saturated rings. The van der Waals surface area contributed by atoms with Gasteiger partial charge in [0.25, 0.3) is 0 Å². The molecule has 0 spiro atoms. The molecule has 1 unspecified atom stereocenters. The zero-order valence-corrected chi connectivity index (χ0v) is 10.9. The summed E-state index contributed by atoms with van der Waals surface area (Å²) in [5, 5.41) is 17.5. The van der Waals surface area contributed by atoms with Gasteiger partial charge in [0, 0.05) is 11.1 Å². The standard InChI is InChI=1S/C14H22O4/c1-4-12(11(3)14(17)18)9-7-5-6-8-10(2)13(15)16/h12H,2-9H2,1H3,(H,15,16)(H,17,18). The Balaban J connectivity index is 3.82. The summed E-state index contributed by atoms with van der Waals surface area (Å²) in [6.07, 6.45) is 4.61. The van der Waals surface area contributed by atoms with E-state index in [2.05, 4.69) is 13.2 Å². The summed E-state index contributed by atoms with van der Waals surface area (Å²) in [4.78, 5) is 21.3. The minimum atomic E-state index is -0.944. The van der Waals surface area contributed by atoms with Crippen molar-refractivity contribution in [3.05, 3.63) is 24.3 Å². The highest BCUT2D eigenvalue weighted by molar-refractivity contribution is 5.86. The number of carbonyl (C=O) groups is 2. The van der Waals surface area contributed by atoms with Gasteiger partial charge in [0.2, 0.25) is 0 Å². The van der Waals surface area contributed by atoms with Crippen LogP contribution in [0.25, 0.3) is 0 Å². The number of carboxylic acids is 2. The molecule has 0 saturated heterocycles. The SMILES string of the molecule is C=C(CCCCCC(CC)C(=C)C(=O)O)C(=O)O. The summed E-state index contributed by atoms with van der Waals surface area (Å²) in [6, 6.07) is 0. The van der Waals surface area contributed by atoms with Crippen molar-refractivity contribution in [2.24, 2.45) is 5.92 Å². The van der Waals surface area contributed by atoms with Gasteiger partial charge in [-0.2, -0.15) is 0 Å². The molecule has 4 nitrogen and oxygen atoms in total. The minimum absolute atomic E-state index is 0.0187. The lowest BCUT2D eigenvalue weighted by Crippen LogP contribution is -2.11. The highest BCUT2D eigenvalue weighted by atomic mass is 16.4. The molecule has 0 aliphatic rings. The fourth-order valence-electron chi connectivity index (χ4n) is 1.81. The molecule has 0 aromatic rings. The first-order chi connectivity index (χ1) is 8.40. The third-order valence-electron chi connectivity index (χ3n) is 3.09. The van der Waals surface area contributed by atoms with Gasteiger partial charge >= 0.3 is 11.9 Å². The van der Waals surface area contributed by atoms with Gasteiger partial charge in [0.1, 0.15) is 0 Å². The fourth-order valence-corrected chi connectivity index (χ4v) is 1.81. The predicted molar refractivity (Wildman–Crippen MR) is 70.4 cm³/mol. The molecule has 0 amide bonds. The molecule has 1 atom stereocenters. The lowest BCUT2D eigenvalue weighted by Gasteiger charge is -2.14. The number of rotatable bonds is 10. The fraction of sp³-hybridized carbons (Fsp3) is 0.571. The van der Waals surface area contributed by atoms with Gasteiger partial charge in [-0.1, -0.05) is 32.9 Å². The van der Waals surface area contributed by atoms with Crippen molar-refractivity contribution in [2.75, 3.05) is 0 Å². The first kappa shape index (κ1) is 16.4. The first-order valence-corrected chi connectivity index (χ1v) is 6.23. The number of hydrogen-bond acceptors (Lipinski definition) is 2. The molecule has 0 radical (unpaired) electrons. The first-order valence-electron chi connectivity index (χ1n) is 6.23. The second-order valence-corrected chi connectivity index (χ2v) is 4.44. The van der Waals surface area contributed by atoms with E-state index in [1.54, 1.807) is 0 Å². The zero-order valence-electron chi connectivity index (χ0n) is 10.9. The van der Waals surface area contributed by atoms with E-state index in [-0.39, 0.29) is 17.1 Å². The molecule has 0 bridgehead atoms. The zero-order chi connectivity index (χ0) is 14.1. The van der Waals surface area contributed by atoms with Gasteiger partial charge in [-0.05, 0) is 31.6 Å². The van der Waals surface area contributed by atoms with E-state index in [1.165, 1.54) is 0 Å². The van der Waals surface area contributed by atoms with Crippen LogP contribution in [0.15, 0.2) is 24.3 Å². The Hall–Kier alpha value is -1.58. The Morgan fingerprint density at radius 2 is 1.67 bits per heavy atom. The molecule has 0 aliphatic carbocycles. The van der Waals surface area contributed by atoms with Gasteiger partial charge < -0.3 is 10.2 Å². The molecule has 0 aromatic heterocycles. The molecular formula is C14H22O4. The van der Waals surface area contributed by atoms with E-state index in [1.807, 2.05) is 6.92 Å². The summed E-state index contributed by atoms with van der Waals surface area (Å²) >= 11 is 0. The number of carboxylic acid groups (broad SMARTS) is 2. The molecule has 0 saturated carbocycles. The van der Waals surface area contributed by atoms with Crippen LogP contribution in [0, 0.1) is 5.92 Å². The van der Waals surface area contributed by atoms with E-state index in [0.29, 0.717) is 6.42 Å². The van der Waals surface area contributed by atoms with Gasteiger partial charge in [0.05, 0.1) is 0 Å². The van der Waals surface area contributed by atoms with Crippen molar-refractivity contribution in [1.29, 1.82) is 0 Å². The van der Waals surface area contributed by atoms with E-state index in [9.17, 15) is 9.59 Å². The van der Waals surface area contributed by atoms with Crippen molar-refractivity contribution >= 4 is 11.9 Å². The van der Waals surface area contributed by atoms with Gasteiger partial charge in [0.15, 0.2) is 0 Å². The molecule has 0 aliphatic heterocycles. The third-order valence-corrected chi connectivity index (χ3v) is 3.09. The monoisotopic (exact) mass is 254 g/mol. The van der Waals surface area contributed by atoms with Crippen LogP contribution in [0.5, 0.6) is 0 Å². The molecule has 4 heteroatoms. The Labute approximate surface area is 108 Å². The van der Waals surface area contributed by atoms with Crippen molar-refractivity contribution in [3.63, 3.8) is 0 Å². The van der Waals surface area contributed by atoms with Crippen molar-refractivity contribution in [2.45, 2.75) is 45.4 Å². The van der Waals surface area contributed by atoms with Crippen LogP contribution in [0.4, 0.5) is 0 Å². The average molecular weight is 254 g/mol. The molecule has 18 heavy (non-hydrogen) atoms. The Kier molecular flexibility index (Phi) is 7.76. The maximum atomic E-state index is 10.8.